The molecular weight excluding hydrogens is 733 g/mol. The highest BCUT2D eigenvalue weighted by Gasteiger charge is 2.46. The van der Waals surface area contributed by atoms with Gasteiger partial charge in [0.25, 0.3) is 0 Å². The molecule has 2 aromatic rings. The third-order valence-corrected chi connectivity index (χ3v) is 16.3. The second kappa shape index (κ2) is 19.7. The van der Waals surface area contributed by atoms with Crippen molar-refractivity contribution in [3.05, 3.63) is 77.4 Å². The Bertz CT molecular complexity index is 1610. The molecule has 0 saturated carbocycles. The average molecular weight is 799 g/mol. The Kier molecular flexibility index (Phi) is 16.6. The van der Waals surface area contributed by atoms with Gasteiger partial charge in [-0.25, -0.2) is 9.59 Å². The molecule has 2 aromatic carbocycles. The van der Waals surface area contributed by atoms with Crippen LogP contribution in [-0.4, -0.2) is 86.2 Å². The van der Waals surface area contributed by atoms with Crippen LogP contribution in [0.4, 0.5) is 0 Å². The van der Waals surface area contributed by atoms with Gasteiger partial charge in [-0.15, -0.1) is 0 Å². The Balaban J connectivity index is 1.97. The third-order valence-electron chi connectivity index (χ3n) is 10.1. The van der Waals surface area contributed by atoms with E-state index < -0.39 is 52.4 Å². The number of benzene rings is 2. The molecule has 10 nitrogen and oxygen atoms in total. The molecule has 0 bridgehead atoms. The van der Waals surface area contributed by atoms with Gasteiger partial charge in [0.2, 0.25) is 0 Å². The molecule has 55 heavy (non-hydrogen) atoms. The smallest absolute Gasteiger partial charge is 0.342 e. The van der Waals surface area contributed by atoms with Crippen molar-refractivity contribution in [2.45, 2.75) is 129 Å². The van der Waals surface area contributed by atoms with Gasteiger partial charge < -0.3 is 37.6 Å². The third kappa shape index (κ3) is 14.0. The number of carbonyl (C=O) groups excluding carboxylic acids is 2. The Morgan fingerprint density at radius 3 is 2.22 bits per heavy atom. The number of carbonyl (C=O) groups is 2. The van der Waals surface area contributed by atoms with E-state index in [4.69, 9.17) is 37.6 Å². The van der Waals surface area contributed by atoms with E-state index in [1.54, 1.807) is 43.5 Å². The Morgan fingerprint density at radius 1 is 0.945 bits per heavy atom. The summed E-state index contributed by atoms with van der Waals surface area (Å²) in [6, 6.07) is 13.1. The molecule has 1 aliphatic heterocycles. The Labute approximate surface area is 332 Å². The van der Waals surface area contributed by atoms with Crippen LogP contribution in [-0.2, 0) is 28.1 Å². The minimum atomic E-state index is -2.02. The lowest BCUT2D eigenvalue weighted by Crippen LogP contribution is -2.44. The highest BCUT2D eigenvalue weighted by atomic mass is 28.4. The largest absolute Gasteiger partial charge is 0.497 e. The fourth-order valence-electron chi connectivity index (χ4n) is 5.66. The van der Waals surface area contributed by atoms with Crippen molar-refractivity contribution in [3.8, 4) is 11.5 Å². The summed E-state index contributed by atoms with van der Waals surface area (Å²) in [5.41, 5.74) is 1.26. The van der Waals surface area contributed by atoms with Crippen LogP contribution in [0, 0.1) is 5.92 Å². The van der Waals surface area contributed by atoms with Gasteiger partial charge in [0, 0.05) is 27.4 Å². The number of rotatable bonds is 19. The van der Waals surface area contributed by atoms with Crippen molar-refractivity contribution in [2.75, 3.05) is 27.6 Å². The zero-order valence-electron chi connectivity index (χ0n) is 35.6. The number of esters is 2. The maximum absolute atomic E-state index is 13.6. The van der Waals surface area contributed by atoms with E-state index in [0.29, 0.717) is 29.9 Å². The molecule has 306 valence electrons. The Morgan fingerprint density at radius 2 is 1.62 bits per heavy atom. The molecule has 0 radical (unpaired) electrons. The van der Waals surface area contributed by atoms with Crippen LogP contribution < -0.4 is 9.47 Å². The number of hydrogen-bond donors (Lipinski definition) is 0. The highest BCUT2D eigenvalue weighted by Crippen LogP contribution is 2.39. The topological polar surface area (TPSA) is 108 Å². The number of ether oxygens (including phenoxy) is 7. The number of hydrogen-bond acceptors (Lipinski definition) is 10. The molecule has 1 aliphatic rings. The van der Waals surface area contributed by atoms with Crippen LogP contribution in [0.5, 0.6) is 11.5 Å². The fourth-order valence-corrected chi connectivity index (χ4v) is 7.87. The van der Waals surface area contributed by atoms with E-state index in [2.05, 4.69) is 67.4 Å². The summed E-state index contributed by atoms with van der Waals surface area (Å²) in [6.45, 7) is 26.0. The minimum absolute atomic E-state index is 0.0206. The summed E-state index contributed by atoms with van der Waals surface area (Å²) in [5, 5.41) is 0.0674. The first kappa shape index (κ1) is 46.1. The molecule has 1 unspecified atom stereocenters. The van der Waals surface area contributed by atoms with E-state index in [9.17, 15) is 9.59 Å². The van der Waals surface area contributed by atoms with E-state index >= 15 is 0 Å². The van der Waals surface area contributed by atoms with Crippen molar-refractivity contribution in [1.82, 2.24) is 0 Å². The van der Waals surface area contributed by atoms with Gasteiger partial charge in [0.15, 0.2) is 20.9 Å². The summed E-state index contributed by atoms with van der Waals surface area (Å²) in [4.78, 5) is 27.1. The van der Waals surface area contributed by atoms with E-state index in [0.717, 1.165) is 6.04 Å². The molecule has 5 atom stereocenters. The molecule has 0 N–H and O–H groups in total. The summed E-state index contributed by atoms with van der Waals surface area (Å²) in [6.07, 6.45) is 6.05. The predicted molar refractivity (Wildman–Crippen MR) is 223 cm³/mol. The molecule has 0 aliphatic carbocycles. The zero-order valence-corrected chi connectivity index (χ0v) is 37.6. The SMILES string of the molecule is COCOc1cc(OC)cc(C=CC[C@@H]2OC(C)(C)O[C@@H]2C(C=C[C@H](C)[C@H](C)O[Si](C)(C)C(C)(C)C)OC(=O)c2ccccc2)c1C(=O)OCC[Si](C)(C)C. The van der Waals surface area contributed by atoms with Crippen molar-refractivity contribution in [1.29, 1.82) is 0 Å². The van der Waals surface area contributed by atoms with E-state index in [1.165, 1.54) is 7.11 Å². The van der Waals surface area contributed by atoms with Gasteiger partial charge in [0.05, 0.1) is 25.4 Å². The van der Waals surface area contributed by atoms with E-state index in [-0.39, 0.29) is 35.2 Å². The molecule has 1 heterocycles. The molecular formula is C43H66O10Si2. The van der Waals surface area contributed by atoms with Crippen LogP contribution in [0.3, 0.4) is 0 Å². The molecule has 3 rings (SSSR count). The molecule has 0 amide bonds. The minimum Gasteiger partial charge on any atom is -0.497 e. The Hall–Kier alpha value is -3.27. The summed E-state index contributed by atoms with van der Waals surface area (Å²) < 4.78 is 48.1. The van der Waals surface area contributed by atoms with Crippen molar-refractivity contribution in [3.63, 3.8) is 0 Å². The van der Waals surface area contributed by atoms with Crippen LogP contribution in [0.15, 0.2) is 60.7 Å². The molecule has 12 heteroatoms. The van der Waals surface area contributed by atoms with Gasteiger partial charge in [-0.3, -0.25) is 0 Å². The van der Waals surface area contributed by atoms with Crippen LogP contribution in [0.1, 0.15) is 81.2 Å². The normalized spacial score (nSPS) is 19.3. The molecule has 0 spiro atoms. The van der Waals surface area contributed by atoms with Gasteiger partial charge in [-0.05, 0) is 87.1 Å². The van der Waals surface area contributed by atoms with Crippen LogP contribution >= 0.6 is 0 Å². The van der Waals surface area contributed by atoms with Crippen molar-refractivity contribution < 1.29 is 47.2 Å². The van der Waals surface area contributed by atoms with Crippen LogP contribution in [0.2, 0.25) is 43.8 Å². The monoisotopic (exact) mass is 798 g/mol. The van der Waals surface area contributed by atoms with Crippen molar-refractivity contribution >= 4 is 34.4 Å². The molecule has 1 saturated heterocycles. The first-order chi connectivity index (χ1) is 25.6. The summed E-state index contributed by atoms with van der Waals surface area (Å²) >= 11 is 0. The van der Waals surface area contributed by atoms with Gasteiger partial charge >= 0.3 is 11.9 Å². The average Bonchev–Trinajstić information content (AvgIpc) is 3.41. The first-order valence-electron chi connectivity index (χ1n) is 19.2. The second-order valence-electron chi connectivity index (χ2n) is 17.4. The first-order valence-corrected chi connectivity index (χ1v) is 25.8. The maximum atomic E-state index is 13.6. The fraction of sp³-hybridized carbons (Fsp3) is 0.581. The number of methoxy groups -OCH3 is 2. The van der Waals surface area contributed by atoms with Gasteiger partial charge in [0.1, 0.15) is 29.3 Å². The highest BCUT2D eigenvalue weighted by molar-refractivity contribution is 6.76. The lowest BCUT2D eigenvalue weighted by Gasteiger charge is -2.39. The summed E-state index contributed by atoms with van der Waals surface area (Å²) in [7, 11) is -0.400. The molecule has 1 fully saturated rings. The quantitative estimate of drug-likeness (QED) is 0.0590. The molecule has 0 aromatic heterocycles. The van der Waals surface area contributed by atoms with Gasteiger partial charge in [-0.1, -0.05) is 83.8 Å². The maximum Gasteiger partial charge on any atom is 0.342 e. The van der Waals surface area contributed by atoms with Crippen LogP contribution in [0.25, 0.3) is 6.08 Å². The van der Waals surface area contributed by atoms with Gasteiger partial charge in [-0.2, -0.15) is 0 Å². The zero-order chi connectivity index (χ0) is 41.2. The lowest BCUT2D eigenvalue weighted by atomic mass is 9.99. The standard InChI is InChI=1S/C43H66O10Si2/c1-30(31(2)53-55(13,14)42(3,4)5)23-24-35(50-40(44)32-19-16-15-17-20-32)39-36(51-43(6,7)52-39)22-18-21-33-27-34(47-9)28-37(49-29-46-8)38(33)41(45)48-25-26-54(10,11)12/h15-21,23-24,27-28,30-31,35-36,39H,22,25-26,29H2,1-14H3/t30-,31-,35?,36-,39+/m0/s1. The van der Waals surface area contributed by atoms with E-state index in [1.807, 2.05) is 44.2 Å². The predicted octanol–water partition coefficient (Wildman–Crippen LogP) is 9.92. The lowest BCUT2D eigenvalue weighted by molar-refractivity contribution is -0.152. The van der Waals surface area contributed by atoms with Crippen molar-refractivity contribution in [2.24, 2.45) is 5.92 Å². The summed E-state index contributed by atoms with van der Waals surface area (Å²) in [5.74, 6) is -1.10. The second-order valence-corrected chi connectivity index (χ2v) is 27.8.